The van der Waals surface area contributed by atoms with E-state index in [9.17, 15) is 8.78 Å². The maximum Gasteiger partial charge on any atom is 0.281 e. The minimum absolute atomic E-state index is 0.0431. The van der Waals surface area contributed by atoms with Crippen LogP contribution in [0, 0.1) is 11.3 Å². The summed E-state index contributed by atoms with van der Waals surface area (Å²) < 4.78 is 24.6. The van der Waals surface area contributed by atoms with Gasteiger partial charge in [0.1, 0.15) is 17.5 Å². The molecular weight excluding hydrogens is 244 g/mol. The molecule has 1 aromatic rings. The number of nitriles is 1. The van der Waals surface area contributed by atoms with Crippen molar-refractivity contribution in [1.29, 1.82) is 5.26 Å². The van der Waals surface area contributed by atoms with E-state index in [2.05, 4.69) is 20.9 Å². The molecule has 0 radical (unpaired) electrons. The van der Waals surface area contributed by atoms with Crippen molar-refractivity contribution >= 4 is 21.6 Å². The molecular formula is C7H4BrF2N3. The van der Waals surface area contributed by atoms with Crippen molar-refractivity contribution in [2.45, 2.75) is 6.43 Å². The van der Waals surface area contributed by atoms with Crippen LogP contribution >= 0.6 is 15.9 Å². The zero-order valence-electron chi connectivity index (χ0n) is 6.26. The first kappa shape index (κ1) is 9.86. The first-order valence-electron chi connectivity index (χ1n) is 3.20. The third-order valence-corrected chi connectivity index (χ3v) is 2.20. The highest BCUT2D eigenvalue weighted by atomic mass is 79.9. The number of hydrogen-bond acceptors (Lipinski definition) is 3. The van der Waals surface area contributed by atoms with Crippen molar-refractivity contribution in [2.75, 3.05) is 5.73 Å². The lowest BCUT2D eigenvalue weighted by Crippen LogP contribution is -1.99. The summed E-state index contributed by atoms with van der Waals surface area (Å²) in [5, 5.41) is 8.43. The van der Waals surface area contributed by atoms with E-state index in [0.717, 1.165) is 0 Å². The van der Waals surface area contributed by atoms with Crippen molar-refractivity contribution < 1.29 is 8.78 Å². The predicted molar refractivity (Wildman–Crippen MR) is 46.0 cm³/mol. The Bertz CT molecular complexity index is 373. The van der Waals surface area contributed by atoms with Crippen LogP contribution in [0.5, 0.6) is 0 Å². The van der Waals surface area contributed by atoms with Crippen LogP contribution in [0.15, 0.2) is 10.5 Å². The average Bonchev–Trinajstić information content (AvgIpc) is 2.09. The van der Waals surface area contributed by atoms with Crippen LogP contribution in [0.25, 0.3) is 0 Å². The van der Waals surface area contributed by atoms with Crippen molar-refractivity contribution in [3.63, 3.8) is 0 Å². The molecule has 0 unspecified atom stereocenters. The minimum Gasteiger partial charge on any atom is -0.398 e. The van der Waals surface area contributed by atoms with Crippen LogP contribution in [0.4, 0.5) is 14.5 Å². The summed E-state index contributed by atoms with van der Waals surface area (Å²) in [4.78, 5) is 3.41. The summed E-state index contributed by atoms with van der Waals surface area (Å²) >= 11 is 2.87. The molecule has 1 heterocycles. The Hall–Kier alpha value is -1.22. The molecule has 0 atom stereocenters. The number of rotatable bonds is 1. The van der Waals surface area contributed by atoms with E-state index in [1.165, 1.54) is 6.07 Å². The Morgan fingerprint density at radius 3 is 2.69 bits per heavy atom. The molecule has 1 aromatic heterocycles. The van der Waals surface area contributed by atoms with E-state index >= 15 is 0 Å². The van der Waals surface area contributed by atoms with Crippen molar-refractivity contribution in [3.8, 4) is 6.07 Å². The van der Waals surface area contributed by atoms with Gasteiger partial charge in [0.15, 0.2) is 0 Å². The molecule has 0 aliphatic heterocycles. The van der Waals surface area contributed by atoms with Gasteiger partial charge < -0.3 is 5.73 Å². The molecule has 0 bridgehead atoms. The second-order valence-corrected chi connectivity index (χ2v) is 3.00. The fourth-order valence-corrected chi connectivity index (χ4v) is 1.15. The number of nitrogen functional groups attached to an aromatic ring is 1. The normalized spacial score (nSPS) is 10.1. The zero-order chi connectivity index (χ0) is 10.0. The third-order valence-electron chi connectivity index (χ3n) is 1.33. The van der Waals surface area contributed by atoms with Gasteiger partial charge in [-0.1, -0.05) is 0 Å². The maximum absolute atomic E-state index is 12.3. The quantitative estimate of drug-likeness (QED) is 0.828. The van der Waals surface area contributed by atoms with Crippen LogP contribution in [-0.2, 0) is 0 Å². The molecule has 0 aromatic carbocycles. The van der Waals surface area contributed by atoms with Crippen LogP contribution in [0.2, 0.25) is 0 Å². The molecule has 0 fully saturated rings. The monoisotopic (exact) mass is 247 g/mol. The van der Waals surface area contributed by atoms with Crippen LogP contribution < -0.4 is 5.73 Å². The van der Waals surface area contributed by atoms with Gasteiger partial charge in [-0.2, -0.15) is 5.26 Å². The van der Waals surface area contributed by atoms with Crippen LogP contribution in [-0.4, -0.2) is 4.98 Å². The summed E-state index contributed by atoms with van der Waals surface area (Å²) in [5.74, 6) is 0. The maximum atomic E-state index is 12.3. The number of nitrogens with zero attached hydrogens (tertiary/aromatic N) is 2. The summed E-state index contributed by atoms with van der Waals surface area (Å²) in [6, 6.07) is 2.88. The van der Waals surface area contributed by atoms with Gasteiger partial charge >= 0.3 is 0 Å². The molecule has 0 spiro atoms. The molecule has 0 saturated heterocycles. The number of alkyl halides is 2. The SMILES string of the molecule is N#Cc1cc(N)c(Br)c(C(F)F)n1. The highest BCUT2D eigenvalue weighted by Gasteiger charge is 2.16. The molecule has 0 aliphatic rings. The third kappa shape index (κ3) is 1.92. The van der Waals surface area contributed by atoms with Gasteiger partial charge in [0.05, 0.1) is 10.2 Å². The fraction of sp³-hybridized carbons (Fsp3) is 0.143. The molecule has 68 valence electrons. The highest BCUT2D eigenvalue weighted by molar-refractivity contribution is 9.10. The second-order valence-electron chi connectivity index (χ2n) is 2.21. The summed E-state index contributed by atoms with van der Waals surface area (Å²) in [7, 11) is 0. The molecule has 0 saturated carbocycles. The van der Waals surface area contributed by atoms with Gasteiger partial charge in [0.25, 0.3) is 6.43 Å². The van der Waals surface area contributed by atoms with E-state index in [4.69, 9.17) is 11.0 Å². The Morgan fingerprint density at radius 2 is 2.23 bits per heavy atom. The van der Waals surface area contributed by atoms with Crippen LogP contribution in [0.3, 0.4) is 0 Å². The summed E-state index contributed by atoms with van der Waals surface area (Å²) in [5.41, 5.74) is 4.83. The minimum atomic E-state index is -2.75. The van der Waals surface area contributed by atoms with Crippen molar-refractivity contribution in [2.24, 2.45) is 0 Å². The molecule has 2 N–H and O–H groups in total. The van der Waals surface area contributed by atoms with Gasteiger partial charge in [0.2, 0.25) is 0 Å². The number of anilines is 1. The molecule has 0 amide bonds. The number of hydrogen-bond donors (Lipinski definition) is 1. The van der Waals surface area contributed by atoms with Crippen LogP contribution in [0.1, 0.15) is 17.8 Å². The van der Waals surface area contributed by atoms with Gasteiger partial charge in [-0.3, -0.25) is 0 Å². The first-order valence-corrected chi connectivity index (χ1v) is 3.99. The molecule has 3 nitrogen and oxygen atoms in total. The van der Waals surface area contributed by atoms with E-state index in [-0.39, 0.29) is 15.9 Å². The van der Waals surface area contributed by atoms with E-state index < -0.39 is 12.1 Å². The van der Waals surface area contributed by atoms with Gasteiger partial charge in [-0.05, 0) is 22.0 Å². The number of pyridine rings is 1. The predicted octanol–water partition coefficient (Wildman–Crippen LogP) is 2.24. The standard InChI is InChI=1S/C7H4BrF2N3/c8-5-4(12)1-3(2-11)13-6(5)7(9)10/h1,7H,(H2,12,13). The number of aromatic nitrogens is 1. The Kier molecular flexibility index (Phi) is 2.78. The van der Waals surface area contributed by atoms with Gasteiger partial charge in [0, 0.05) is 0 Å². The number of nitrogens with two attached hydrogens (primary N) is 1. The van der Waals surface area contributed by atoms with Gasteiger partial charge in [-0.15, -0.1) is 0 Å². The zero-order valence-corrected chi connectivity index (χ0v) is 7.85. The van der Waals surface area contributed by atoms with Crippen molar-refractivity contribution in [1.82, 2.24) is 4.98 Å². The van der Waals surface area contributed by atoms with E-state index in [0.29, 0.717) is 0 Å². The fourth-order valence-electron chi connectivity index (χ4n) is 0.772. The largest absolute Gasteiger partial charge is 0.398 e. The number of halogens is 3. The van der Waals surface area contributed by atoms with E-state index in [1.807, 2.05) is 0 Å². The Balaban J connectivity index is 3.35. The average molecular weight is 248 g/mol. The first-order chi connectivity index (χ1) is 6.06. The molecule has 0 aliphatic carbocycles. The summed E-state index contributed by atoms with van der Waals surface area (Å²) in [6.45, 7) is 0. The van der Waals surface area contributed by atoms with Gasteiger partial charge in [-0.25, -0.2) is 13.8 Å². The highest BCUT2D eigenvalue weighted by Crippen LogP contribution is 2.30. The lowest BCUT2D eigenvalue weighted by molar-refractivity contribution is 0.145. The second kappa shape index (κ2) is 3.66. The Morgan fingerprint density at radius 1 is 1.62 bits per heavy atom. The van der Waals surface area contributed by atoms with E-state index in [1.54, 1.807) is 6.07 Å². The smallest absolute Gasteiger partial charge is 0.281 e. The lowest BCUT2D eigenvalue weighted by atomic mass is 10.3. The molecule has 13 heavy (non-hydrogen) atoms. The van der Waals surface area contributed by atoms with Crippen molar-refractivity contribution in [3.05, 3.63) is 21.9 Å². The molecule has 6 heteroatoms. The topological polar surface area (TPSA) is 62.7 Å². The summed E-state index contributed by atoms with van der Waals surface area (Å²) in [6.07, 6.45) is -2.75. The lowest BCUT2D eigenvalue weighted by Gasteiger charge is -2.04. The molecule has 1 rings (SSSR count). The Labute approximate surface area is 81.3 Å².